The smallest absolute Gasteiger partial charge is 0.323 e. The second-order valence-corrected chi connectivity index (χ2v) is 5.74. The lowest BCUT2D eigenvalue weighted by atomic mass is 9.95. The van der Waals surface area contributed by atoms with Gasteiger partial charge in [-0.05, 0) is 32.7 Å². The first-order valence-corrected chi connectivity index (χ1v) is 7.53. The van der Waals surface area contributed by atoms with Gasteiger partial charge >= 0.3 is 5.97 Å². The first kappa shape index (κ1) is 16.0. The molecule has 0 fully saturated rings. The number of aliphatic carboxylic acids is 1. The molecule has 6 nitrogen and oxygen atoms in total. The van der Waals surface area contributed by atoms with Crippen molar-refractivity contribution in [2.24, 2.45) is 0 Å². The van der Waals surface area contributed by atoms with E-state index in [1.807, 2.05) is 6.92 Å². The molecule has 19 heavy (non-hydrogen) atoms. The van der Waals surface area contributed by atoms with Gasteiger partial charge in [0, 0.05) is 5.75 Å². The summed E-state index contributed by atoms with van der Waals surface area (Å²) >= 11 is 1.61. The van der Waals surface area contributed by atoms with Crippen LogP contribution in [0.15, 0.2) is 11.5 Å². The quantitative estimate of drug-likeness (QED) is 0.449. The molecule has 0 aliphatic rings. The number of carboxylic acid groups (broad SMARTS) is 1. The summed E-state index contributed by atoms with van der Waals surface area (Å²) in [6, 6.07) is 0. The van der Waals surface area contributed by atoms with Gasteiger partial charge in [0.25, 0.3) is 0 Å². The maximum absolute atomic E-state index is 11.3. The van der Waals surface area contributed by atoms with Crippen molar-refractivity contribution in [3.05, 3.63) is 6.33 Å². The highest BCUT2D eigenvalue weighted by Crippen LogP contribution is 2.18. The van der Waals surface area contributed by atoms with E-state index in [2.05, 4.69) is 20.5 Å². The van der Waals surface area contributed by atoms with Crippen molar-refractivity contribution >= 4 is 17.7 Å². The zero-order valence-electron chi connectivity index (χ0n) is 11.5. The summed E-state index contributed by atoms with van der Waals surface area (Å²) in [6.07, 6.45) is 4.89. The van der Waals surface area contributed by atoms with Crippen molar-refractivity contribution < 1.29 is 9.90 Å². The van der Waals surface area contributed by atoms with Gasteiger partial charge in [-0.2, -0.15) is 5.10 Å². The van der Waals surface area contributed by atoms with E-state index in [0.717, 1.165) is 36.7 Å². The average molecular weight is 286 g/mol. The fraction of sp³-hybridized carbons (Fsp3) is 0.750. The van der Waals surface area contributed by atoms with E-state index >= 15 is 0 Å². The lowest BCUT2D eigenvalue weighted by Gasteiger charge is -2.26. The van der Waals surface area contributed by atoms with Gasteiger partial charge in [0.05, 0.1) is 0 Å². The Hall–Kier alpha value is -1.08. The maximum atomic E-state index is 11.3. The number of unbranched alkanes of at least 4 members (excludes halogenated alkanes) is 1. The van der Waals surface area contributed by atoms with Crippen LogP contribution in [-0.2, 0) is 4.79 Å². The Balaban J connectivity index is 2.22. The van der Waals surface area contributed by atoms with E-state index in [0.29, 0.717) is 6.42 Å². The fourth-order valence-electron chi connectivity index (χ4n) is 1.69. The standard InChI is InChI=1S/C12H22N4O2S/c1-3-7-14-12(2,10(17)18)6-4-5-8-19-11-13-9-15-16-11/h9,14H,3-8H2,1-2H3,(H,17,18)(H,13,15,16). The van der Waals surface area contributed by atoms with Crippen LogP contribution in [-0.4, -0.2) is 44.1 Å². The molecule has 0 aliphatic heterocycles. The third-order valence-corrected chi connectivity index (χ3v) is 3.90. The number of nitrogens with zero attached hydrogens (tertiary/aromatic N) is 2. The Labute approximate surface area is 117 Å². The maximum Gasteiger partial charge on any atom is 0.323 e. The number of carbonyl (C=O) groups is 1. The number of nitrogens with one attached hydrogen (secondary N) is 2. The van der Waals surface area contributed by atoms with Crippen LogP contribution in [0.1, 0.15) is 39.5 Å². The molecule has 0 aliphatic carbocycles. The Morgan fingerprint density at radius 2 is 2.37 bits per heavy atom. The largest absolute Gasteiger partial charge is 0.480 e. The number of H-pyrrole nitrogens is 1. The van der Waals surface area contributed by atoms with Gasteiger partial charge in [-0.15, -0.1) is 0 Å². The Morgan fingerprint density at radius 1 is 1.58 bits per heavy atom. The van der Waals surface area contributed by atoms with Gasteiger partial charge in [-0.25, -0.2) is 4.98 Å². The molecule has 1 unspecified atom stereocenters. The molecule has 1 heterocycles. The van der Waals surface area contributed by atoms with E-state index in [9.17, 15) is 9.90 Å². The molecule has 0 saturated heterocycles. The first-order chi connectivity index (χ1) is 9.08. The number of carboxylic acids is 1. The van der Waals surface area contributed by atoms with Crippen molar-refractivity contribution in [1.29, 1.82) is 0 Å². The highest BCUT2D eigenvalue weighted by Gasteiger charge is 2.31. The van der Waals surface area contributed by atoms with Crippen LogP contribution in [0.3, 0.4) is 0 Å². The van der Waals surface area contributed by atoms with E-state index in [-0.39, 0.29) is 0 Å². The molecule has 0 saturated carbocycles. The summed E-state index contributed by atoms with van der Waals surface area (Å²) < 4.78 is 0. The molecule has 0 bridgehead atoms. The second-order valence-electron chi connectivity index (χ2n) is 4.66. The molecule has 1 rings (SSSR count). The van der Waals surface area contributed by atoms with Gasteiger partial charge < -0.3 is 10.4 Å². The minimum atomic E-state index is -0.813. The third-order valence-electron chi connectivity index (χ3n) is 2.94. The van der Waals surface area contributed by atoms with Crippen molar-refractivity contribution in [3.8, 4) is 0 Å². The molecule has 1 aromatic rings. The van der Waals surface area contributed by atoms with Crippen LogP contribution in [0, 0.1) is 0 Å². The molecular formula is C12H22N4O2S. The van der Waals surface area contributed by atoms with Crippen molar-refractivity contribution in [2.45, 2.75) is 50.2 Å². The third kappa shape index (κ3) is 5.61. The highest BCUT2D eigenvalue weighted by molar-refractivity contribution is 7.99. The summed E-state index contributed by atoms with van der Waals surface area (Å²) in [5, 5.41) is 19.8. The summed E-state index contributed by atoms with van der Waals surface area (Å²) in [4.78, 5) is 15.3. The highest BCUT2D eigenvalue weighted by atomic mass is 32.2. The second kappa shape index (κ2) is 8.16. The average Bonchev–Trinajstić information content (AvgIpc) is 2.89. The van der Waals surface area contributed by atoms with Gasteiger partial charge in [0.15, 0.2) is 5.16 Å². The van der Waals surface area contributed by atoms with E-state index in [4.69, 9.17) is 0 Å². The number of rotatable bonds is 10. The molecule has 0 aromatic carbocycles. The van der Waals surface area contributed by atoms with Crippen LogP contribution in [0.2, 0.25) is 0 Å². The minimum Gasteiger partial charge on any atom is -0.480 e. The van der Waals surface area contributed by atoms with Gasteiger partial charge in [-0.3, -0.25) is 9.89 Å². The van der Waals surface area contributed by atoms with Crippen LogP contribution >= 0.6 is 11.8 Å². The molecule has 0 spiro atoms. The normalized spacial score (nSPS) is 14.2. The number of hydrogen-bond acceptors (Lipinski definition) is 5. The van der Waals surface area contributed by atoms with Crippen LogP contribution in [0.5, 0.6) is 0 Å². The molecule has 3 N–H and O–H groups in total. The predicted octanol–water partition coefficient (Wildman–Crippen LogP) is 1.91. The van der Waals surface area contributed by atoms with Crippen molar-refractivity contribution in [3.63, 3.8) is 0 Å². The van der Waals surface area contributed by atoms with E-state index < -0.39 is 11.5 Å². The molecule has 1 aromatic heterocycles. The molecule has 7 heteroatoms. The molecule has 108 valence electrons. The molecule has 0 radical (unpaired) electrons. The zero-order valence-corrected chi connectivity index (χ0v) is 12.3. The van der Waals surface area contributed by atoms with Gasteiger partial charge in [-0.1, -0.05) is 25.1 Å². The summed E-state index contributed by atoms with van der Waals surface area (Å²) in [7, 11) is 0. The number of thioether (sulfide) groups is 1. The zero-order chi connectivity index (χ0) is 14.1. The molecule has 1 atom stereocenters. The Kier molecular flexibility index (Phi) is 6.86. The summed E-state index contributed by atoms with van der Waals surface area (Å²) in [5.74, 6) is 0.141. The Morgan fingerprint density at radius 3 is 2.95 bits per heavy atom. The number of aromatic nitrogens is 3. The lowest BCUT2D eigenvalue weighted by Crippen LogP contribution is -2.49. The van der Waals surface area contributed by atoms with Crippen molar-refractivity contribution in [2.75, 3.05) is 12.3 Å². The predicted molar refractivity (Wildman–Crippen MR) is 75.3 cm³/mol. The van der Waals surface area contributed by atoms with Crippen LogP contribution in [0.25, 0.3) is 0 Å². The first-order valence-electron chi connectivity index (χ1n) is 6.55. The van der Waals surface area contributed by atoms with Gasteiger partial charge in [0.2, 0.25) is 0 Å². The SMILES string of the molecule is CCCNC(C)(CCCCSc1ncn[nH]1)C(=O)O. The Bertz CT molecular complexity index is 372. The summed E-state index contributed by atoms with van der Waals surface area (Å²) in [5.41, 5.74) is -0.813. The molecular weight excluding hydrogens is 264 g/mol. The monoisotopic (exact) mass is 286 g/mol. The van der Waals surface area contributed by atoms with Crippen LogP contribution in [0.4, 0.5) is 0 Å². The van der Waals surface area contributed by atoms with E-state index in [1.54, 1.807) is 18.7 Å². The fourth-order valence-corrected chi connectivity index (χ4v) is 2.47. The lowest BCUT2D eigenvalue weighted by molar-refractivity contribution is -0.144. The number of hydrogen-bond donors (Lipinski definition) is 3. The van der Waals surface area contributed by atoms with Crippen LogP contribution < -0.4 is 5.32 Å². The van der Waals surface area contributed by atoms with Crippen molar-refractivity contribution in [1.82, 2.24) is 20.5 Å². The number of aromatic amines is 1. The summed E-state index contributed by atoms with van der Waals surface area (Å²) in [6.45, 7) is 4.52. The van der Waals surface area contributed by atoms with Gasteiger partial charge in [0.1, 0.15) is 11.9 Å². The van der Waals surface area contributed by atoms with E-state index in [1.165, 1.54) is 6.33 Å². The topological polar surface area (TPSA) is 90.9 Å². The molecule has 0 amide bonds. The minimum absolute atomic E-state index is 0.638.